The molecule has 10 nitrogen and oxygen atoms in total. The van der Waals surface area contributed by atoms with E-state index in [1.54, 1.807) is 36.0 Å². The highest BCUT2D eigenvalue weighted by molar-refractivity contribution is 5.93. The number of anilines is 1. The first-order valence-corrected chi connectivity index (χ1v) is 9.12. The number of nitrogens with zero attached hydrogens (tertiary/aromatic N) is 7. The highest BCUT2D eigenvalue weighted by Crippen LogP contribution is 2.34. The topological polar surface area (TPSA) is 113 Å². The standard InChI is InChI=1S/C19H17N8O2/c1-26-10-21-16(25-26)13-4-3-5-14(15(13)29-2)27-17-12(9-22-27)8-20-19(23-17)24-18(28)11-6-7-11/h3-5,8,10-11H,6-7H2,1-2H3,(H,20,23,24,28). The van der Waals surface area contributed by atoms with E-state index in [-0.39, 0.29) is 17.8 Å². The van der Waals surface area contributed by atoms with Crippen LogP contribution in [-0.4, -0.2) is 47.5 Å². The average molecular weight is 389 g/mol. The second-order valence-electron chi connectivity index (χ2n) is 6.82. The normalized spacial score (nSPS) is 13.6. The van der Waals surface area contributed by atoms with Crippen molar-refractivity contribution in [3.05, 3.63) is 36.9 Å². The van der Waals surface area contributed by atoms with Crippen LogP contribution in [0.15, 0.2) is 30.7 Å². The molecule has 0 bridgehead atoms. The number of amides is 1. The number of aryl methyl sites for hydroxylation is 1. The smallest absolute Gasteiger partial charge is 0.231 e. The van der Waals surface area contributed by atoms with Gasteiger partial charge in [-0.1, -0.05) is 6.07 Å². The van der Waals surface area contributed by atoms with Gasteiger partial charge in [0.1, 0.15) is 18.2 Å². The molecule has 1 aromatic carbocycles. The molecule has 3 aromatic heterocycles. The Bertz CT molecular complexity index is 1220. The Morgan fingerprint density at radius 3 is 2.90 bits per heavy atom. The summed E-state index contributed by atoms with van der Waals surface area (Å²) < 4.78 is 8.90. The molecule has 0 aliphatic heterocycles. The van der Waals surface area contributed by atoms with Crippen LogP contribution in [0.4, 0.5) is 5.95 Å². The van der Waals surface area contributed by atoms with Crippen LogP contribution in [-0.2, 0) is 11.8 Å². The number of para-hydroxylation sites is 1. The van der Waals surface area contributed by atoms with E-state index >= 15 is 0 Å². The van der Waals surface area contributed by atoms with E-state index in [9.17, 15) is 4.79 Å². The predicted molar refractivity (Wildman–Crippen MR) is 103 cm³/mol. The summed E-state index contributed by atoms with van der Waals surface area (Å²) in [5, 5.41) is 12.1. The lowest BCUT2D eigenvalue weighted by Gasteiger charge is -2.12. The zero-order chi connectivity index (χ0) is 20.0. The van der Waals surface area contributed by atoms with Crippen LogP contribution in [0.3, 0.4) is 0 Å². The number of hydrogen-bond acceptors (Lipinski definition) is 7. The number of methoxy groups -OCH3 is 1. The van der Waals surface area contributed by atoms with Crippen molar-refractivity contribution in [2.24, 2.45) is 13.0 Å². The number of benzene rings is 1. The van der Waals surface area contributed by atoms with Crippen LogP contribution >= 0.6 is 0 Å². The summed E-state index contributed by atoms with van der Waals surface area (Å²) in [6.07, 6.45) is 7.93. The molecule has 0 saturated heterocycles. The van der Waals surface area contributed by atoms with Crippen LogP contribution < -0.4 is 10.1 Å². The summed E-state index contributed by atoms with van der Waals surface area (Å²) >= 11 is 0. The number of fused-ring (bicyclic) bond motifs is 1. The first kappa shape index (κ1) is 17.3. The van der Waals surface area contributed by atoms with Crippen molar-refractivity contribution in [2.45, 2.75) is 12.8 Å². The fourth-order valence-electron chi connectivity index (χ4n) is 3.10. The maximum Gasteiger partial charge on any atom is 0.231 e. The van der Waals surface area contributed by atoms with E-state index in [0.29, 0.717) is 28.3 Å². The van der Waals surface area contributed by atoms with Gasteiger partial charge < -0.3 is 4.74 Å². The molecule has 4 aromatic rings. The molecule has 1 amide bonds. The number of rotatable bonds is 5. The van der Waals surface area contributed by atoms with Crippen LogP contribution in [0.1, 0.15) is 12.8 Å². The summed E-state index contributed by atoms with van der Waals surface area (Å²) in [6, 6.07) is 5.60. The third-order valence-corrected chi connectivity index (χ3v) is 4.69. The lowest BCUT2D eigenvalue weighted by molar-refractivity contribution is -0.117. The predicted octanol–water partition coefficient (Wildman–Crippen LogP) is 1.77. The summed E-state index contributed by atoms with van der Waals surface area (Å²) in [7, 11) is 3.38. The molecular formula is C19H17N8O2. The quantitative estimate of drug-likeness (QED) is 0.553. The highest BCUT2D eigenvalue weighted by Gasteiger charge is 2.30. The molecule has 29 heavy (non-hydrogen) atoms. The van der Waals surface area contributed by atoms with Crippen molar-refractivity contribution in [1.82, 2.24) is 34.5 Å². The Morgan fingerprint density at radius 1 is 1.31 bits per heavy atom. The lowest BCUT2D eigenvalue weighted by atomic mass is 10.1. The van der Waals surface area contributed by atoms with Gasteiger partial charge in [0, 0.05) is 19.2 Å². The van der Waals surface area contributed by atoms with Crippen molar-refractivity contribution in [1.29, 1.82) is 0 Å². The zero-order valence-electron chi connectivity index (χ0n) is 15.8. The Balaban J connectivity index is 1.60. The third-order valence-electron chi connectivity index (χ3n) is 4.69. The molecule has 10 heteroatoms. The van der Waals surface area contributed by atoms with Gasteiger partial charge in [-0.2, -0.15) is 15.2 Å². The van der Waals surface area contributed by atoms with Crippen LogP contribution in [0, 0.1) is 12.1 Å². The van der Waals surface area contributed by atoms with E-state index < -0.39 is 0 Å². The van der Waals surface area contributed by atoms with Crippen LogP contribution in [0.5, 0.6) is 5.75 Å². The maximum absolute atomic E-state index is 12.1. The Morgan fingerprint density at radius 2 is 2.17 bits per heavy atom. The largest absolute Gasteiger partial charge is 0.494 e. The van der Waals surface area contributed by atoms with E-state index in [1.165, 1.54) is 0 Å². The molecule has 1 saturated carbocycles. The molecule has 1 fully saturated rings. The van der Waals surface area contributed by atoms with Crippen molar-refractivity contribution >= 4 is 22.9 Å². The molecule has 1 aliphatic rings. The first-order valence-electron chi connectivity index (χ1n) is 9.12. The van der Waals surface area contributed by atoms with Gasteiger partial charge in [-0.05, 0) is 25.0 Å². The zero-order valence-corrected chi connectivity index (χ0v) is 15.8. The summed E-state index contributed by atoms with van der Waals surface area (Å²) in [6.45, 7) is 0. The second kappa shape index (κ2) is 6.66. The second-order valence-corrected chi connectivity index (χ2v) is 6.82. The van der Waals surface area contributed by atoms with Gasteiger partial charge >= 0.3 is 0 Å². The fourth-order valence-corrected chi connectivity index (χ4v) is 3.10. The molecule has 0 atom stereocenters. The van der Waals surface area contributed by atoms with Crippen molar-refractivity contribution in [3.63, 3.8) is 0 Å². The third kappa shape index (κ3) is 3.08. The van der Waals surface area contributed by atoms with Gasteiger partial charge in [-0.3, -0.25) is 14.8 Å². The van der Waals surface area contributed by atoms with Crippen molar-refractivity contribution < 1.29 is 9.53 Å². The molecule has 5 rings (SSSR count). The number of aromatic nitrogens is 7. The number of hydrogen-bond donors (Lipinski definition) is 1. The highest BCUT2D eigenvalue weighted by atomic mass is 16.5. The fraction of sp³-hybridized carbons (Fsp3) is 0.263. The Hall–Kier alpha value is -3.82. The average Bonchev–Trinajstić information content (AvgIpc) is 3.37. The number of nitrogens with one attached hydrogen (secondary N) is 1. The van der Waals surface area contributed by atoms with E-state index in [4.69, 9.17) is 4.74 Å². The van der Waals surface area contributed by atoms with Gasteiger partial charge in [-0.25, -0.2) is 14.6 Å². The lowest BCUT2D eigenvalue weighted by Crippen LogP contribution is -2.15. The van der Waals surface area contributed by atoms with Crippen molar-refractivity contribution in [3.8, 4) is 22.8 Å². The number of carbonyl (C=O) groups is 1. The summed E-state index contributed by atoms with van der Waals surface area (Å²) in [5.41, 5.74) is 1.89. The minimum atomic E-state index is -0.0554. The number of carbonyl (C=O) groups excluding carboxylic acids is 1. The van der Waals surface area contributed by atoms with Crippen LogP contribution in [0.2, 0.25) is 0 Å². The van der Waals surface area contributed by atoms with Gasteiger partial charge in [-0.15, -0.1) is 0 Å². The number of ether oxygens (including phenoxy) is 1. The summed E-state index contributed by atoms with van der Waals surface area (Å²) in [4.78, 5) is 25.0. The first-order chi connectivity index (χ1) is 14.1. The van der Waals surface area contributed by atoms with E-state index in [0.717, 1.165) is 18.4 Å². The van der Waals surface area contributed by atoms with Gasteiger partial charge in [0.05, 0.1) is 18.1 Å². The Kier molecular flexibility index (Phi) is 3.97. The molecule has 1 aliphatic carbocycles. The SMILES string of the molecule is COc1c(-c2ncn(C)n2)cccc1-n1n[c]c2cnc(NC(=O)C3CC3)nc21. The molecule has 3 heterocycles. The van der Waals surface area contributed by atoms with Gasteiger partial charge in [0.25, 0.3) is 0 Å². The molecule has 1 N–H and O–H groups in total. The molecular weight excluding hydrogens is 372 g/mol. The van der Waals surface area contributed by atoms with Crippen LogP contribution in [0.25, 0.3) is 28.1 Å². The Labute approximate surface area is 165 Å². The summed E-state index contributed by atoms with van der Waals surface area (Å²) in [5.74, 6) is 1.35. The molecule has 0 spiro atoms. The maximum atomic E-state index is 12.1. The molecule has 1 radical (unpaired) electrons. The van der Waals surface area contributed by atoms with E-state index in [2.05, 4.69) is 36.7 Å². The van der Waals surface area contributed by atoms with E-state index in [1.807, 2.05) is 18.2 Å². The molecule has 0 unspecified atom stereocenters. The molecule has 145 valence electrons. The minimum absolute atomic E-state index is 0.0554. The van der Waals surface area contributed by atoms with Crippen molar-refractivity contribution in [2.75, 3.05) is 12.4 Å². The monoisotopic (exact) mass is 389 g/mol. The van der Waals surface area contributed by atoms with Gasteiger partial charge in [0.15, 0.2) is 17.2 Å². The van der Waals surface area contributed by atoms with Gasteiger partial charge in [0.2, 0.25) is 11.9 Å². The minimum Gasteiger partial charge on any atom is -0.494 e.